The lowest BCUT2D eigenvalue weighted by Gasteiger charge is -2.25. The Kier molecular flexibility index (Phi) is 6.77. The van der Waals surface area contributed by atoms with Gasteiger partial charge < -0.3 is 19.8 Å². The lowest BCUT2D eigenvalue weighted by atomic mass is 9.95. The lowest BCUT2D eigenvalue weighted by molar-refractivity contribution is -0.139. The molecule has 158 valence electrons. The number of amides is 1. The second kappa shape index (κ2) is 9.48. The molecule has 0 aliphatic carbocycles. The van der Waals surface area contributed by atoms with E-state index >= 15 is 0 Å². The highest BCUT2D eigenvalue weighted by Crippen LogP contribution is 2.41. The van der Waals surface area contributed by atoms with E-state index in [0.29, 0.717) is 17.7 Å². The fraction of sp³-hybridized carbons (Fsp3) is 0.333. The molecule has 1 fully saturated rings. The Morgan fingerprint density at radius 3 is 2.47 bits per heavy atom. The molecule has 1 heterocycles. The van der Waals surface area contributed by atoms with Crippen LogP contribution in [0.5, 0.6) is 11.5 Å². The average molecular weight is 409 g/mol. The van der Waals surface area contributed by atoms with Crippen molar-refractivity contribution in [1.29, 1.82) is 0 Å². The first-order chi connectivity index (χ1) is 14.5. The summed E-state index contributed by atoms with van der Waals surface area (Å²) in [6.07, 6.45) is 3.82. The van der Waals surface area contributed by atoms with Gasteiger partial charge in [-0.3, -0.25) is 9.59 Å². The Morgan fingerprint density at radius 1 is 1.07 bits per heavy atom. The van der Waals surface area contributed by atoms with E-state index in [4.69, 9.17) is 4.74 Å². The van der Waals surface area contributed by atoms with Crippen molar-refractivity contribution in [2.45, 2.75) is 38.6 Å². The van der Waals surface area contributed by atoms with Crippen molar-refractivity contribution in [2.75, 3.05) is 13.7 Å². The predicted octanol–water partition coefficient (Wildman–Crippen LogP) is 4.40. The SMILES string of the molecule is CCCCCCN1C(=O)C(=O)/C(=C(/O)c2ccccc2)[C@H]1c1ccc(O)c(OC)c1. The van der Waals surface area contributed by atoms with E-state index in [-0.39, 0.29) is 22.8 Å². The smallest absolute Gasteiger partial charge is 0.295 e. The Bertz CT molecular complexity index is 951. The fourth-order valence-corrected chi connectivity index (χ4v) is 3.78. The molecule has 1 aliphatic rings. The zero-order chi connectivity index (χ0) is 21.7. The van der Waals surface area contributed by atoms with Gasteiger partial charge in [-0.15, -0.1) is 0 Å². The van der Waals surface area contributed by atoms with Crippen molar-refractivity contribution in [3.05, 3.63) is 65.2 Å². The topological polar surface area (TPSA) is 87.1 Å². The quantitative estimate of drug-likeness (QED) is 0.292. The van der Waals surface area contributed by atoms with E-state index < -0.39 is 17.7 Å². The average Bonchev–Trinajstić information content (AvgIpc) is 3.02. The van der Waals surface area contributed by atoms with Gasteiger partial charge in [-0.05, 0) is 24.1 Å². The number of hydrogen-bond donors (Lipinski definition) is 2. The third kappa shape index (κ3) is 4.17. The van der Waals surface area contributed by atoms with Crippen molar-refractivity contribution >= 4 is 17.4 Å². The molecule has 0 unspecified atom stereocenters. The number of aromatic hydroxyl groups is 1. The van der Waals surface area contributed by atoms with Gasteiger partial charge in [0, 0.05) is 12.1 Å². The number of Topliss-reactive ketones (excluding diaryl/α,β-unsaturated/α-hetero) is 1. The van der Waals surface area contributed by atoms with Crippen LogP contribution in [0, 0.1) is 0 Å². The summed E-state index contributed by atoms with van der Waals surface area (Å²) >= 11 is 0. The molecule has 0 radical (unpaired) electrons. The highest BCUT2D eigenvalue weighted by molar-refractivity contribution is 6.46. The first-order valence-electron chi connectivity index (χ1n) is 10.2. The molecule has 3 rings (SSSR count). The predicted molar refractivity (Wildman–Crippen MR) is 114 cm³/mol. The van der Waals surface area contributed by atoms with Gasteiger partial charge in [0.15, 0.2) is 11.5 Å². The summed E-state index contributed by atoms with van der Waals surface area (Å²) in [7, 11) is 1.44. The number of hydrogen-bond acceptors (Lipinski definition) is 5. The summed E-state index contributed by atoms with van der Waals surface area (Å²) < 4.78 is 5.21. The molecule has 6 nitrogen and oxygen atoms in total. The van der Waals surface area contributed by atoms with Gasteiger partial charge in [-0.1, -0.05) is 62.6 Å². The fourth-order valence-electron chi connectivity index (χ4n) is 3.78. The number of methoxy groups -OCH3 is 1. The minimum absolute atomic E-state index is 0.0378. The van der Waals surface area contributed by atoms with Gasteiger partial charge in [0.05, 0.1) is 18.7 Å². The minimum atomic E-state index is -0.749. The number of carbonyl (C=O) groups excluding carboxylic acids is 2. The molecule has 1 aliphatic heterocycles. The van der Waals surface area contributed by atoms with E-state index in [0.717, 1.165) is 25.7 Å². The largest absolute Gasteiger partial charge is 0.507 e. The van der Waals surface area contributed by atoms with Crippen LogP contribution in [0.2, 0.25) is 0 Å². The molecule has 2 aromatic rings. The number of aliphatic hydroxyl groups is 1. The van der Waals surface area contributed by atoms with Crippen LogP contribution in [0.4, 0.5) is 0 Å². The standard InChI is InChI=1S/C24H27NO5/c1-3-4-5-9-14-25-21(17-12-13-18(26)19(15-17)30-2)20(23(28)24(25)29)22(27)16-10-7-6-8-11-16/h6-8,10-13,15,21,26-27H,3-5,9,14H2,1-2H3/b22-20+/t21-/m1/s1. The van der Waals surface area contributed by atoms with Crippen molar-refractivity contribution in [3.8, 4) is 11.5 Å². The van der Waals surface area contributed by atoms with Crippen LogP contribution in [-0.4, -0.2) is 40.5 Å². The number of carbonyl (C=O) groups is 2. The van der Waals surface area contributed by atoms with E-state index in [1.165, 1.54) is 18.1 Å². The summed E-state index contributed by atoms with van der Waals surface area (Å²) in [4.78, 5) is 27.3. The van der Waals surface area contributed by atoms with Gasteiger partial charge in [-0.2, -0.15) is 0 Å². The summed E-state index contributed by atoms with van der Waals surface area (Å²) in [5.41, 5.74) is 1.11. The number of ketones is 1. The molecular formula is C24H27NO5. The van der Waals surface area contributed by atoms with Crippen LogP contribution in [0.3, 0.4) is 0 Å². The summed E-state index contributed by atoms with van der Waals surface area (Å²) in [5.74, 6) is -1.33. The van der Waals surface area contributed by atoms with E-state index in [1.54, 1.807) is 36.4 Å². The van der Waals surface area contributed by atoms with Gasteiger partial charge in [0.25, 0.3) is 11.7 Å². The number of ether oxygens (including phenoxy) is 1. The number of benzene rings is 2. The number of phenolic OH excluding ortho intramolecular Hbond substituents is 1. The van der Waals surface area contributed by atoms with Gasteiger partial charge in [-0.25, -0.2) is 0 Å². The molecule has 0 bridgehead atoms. The second-order valence-corrected chi connectivity index (χ2v) is 7.35. The van der Waals surface area contributed by atoms with Crippen LogP contribution in [0.1, 0.15) is 49.8 Å². The Labute approximate surface area is 176 Å². The van der Waals surface area contributed by atoms with E-state index in [1.807, 2.05) is 6.07 Å². The molecule has 1 amide bonds. The van der Waals surface area contributed by atoms with Crippen LogP contribution in [0.15, 0.2) is 54.1 Å². The number of unbranched alkanes of at least 4 members (excludes halogenated alkanes) is 3. The van der Waals surface area contributed by atoms with Crippen LogP contribution in [0.25, 0.3) is 5.76 Å². The minimum Gasteiger partial charge on any atom is -0.507 e. The molecule has 6 heteroatoms. The maximum atomic E-state index is 12.9. The van der Waals surface area contributed by atoms with Crippen LogP contribution < -0.4 is 4.74 Å². The van der Waals surface area contributed by atoms with Gasteiger partial charge >= 0.3 is 0 Å². The normalized spacial score (nSPS) is 18.1. The number of aliphatic hydroxyl groups excluding tert-OH is 1. The van der Waals surface area contributed by atoms with E-state index in [9.17, 15) is 19.8 Å². The first kappa shape index (κ1) is 21.4. The molecule has 0 aromatic heterocycles. The summed E-state index contributed by atoms with van der Waals surface area (Å²) in [5, 5.41) is 20.9. The summed E-state index contributed by atoms with van der Waals surface area (Å²) in [6, 6.07) is 12.7. The Morgan fingerprint density at radius 2 is 1.80 bits per heavy atom. The molecule has 0 spiro atoms. The number of likely N-dealkylation sites (tertiary alicyclic amines) is 1. The maximum Gasteiger partial charge on any atom is 0.295 e. The highest BCUT2D eigenvalue weighted by Gasteiger charge is 2.45. The number of phenols is 1. The Hall–Kier alpha value is -3.28. The van der Waals surface area contributed by atoms with Crippen LogP contribution in [-0.2, 0) is 9.59 Å². The molecule has 1 saturated heterocycles. The second-order valence-electron chi connectivity index (χ2n) is 7.35. The molecule has 30 heavy (non-hydrogen) atoms. The van der Waals surface area contributed by atoms with Crippen molar-refractivity contribution in [1.82, 2.24) is 4.90 Å². The van der Waals surface area contributed by atoms with E-state index in [2.05, 4.69) is 6.92 Å². The zero-order valence-corrected chi connectivity index (χ0v) is 17.3. The maximum absolute atomic E-state index is 12.9. The molecule has 2 aromatic carbocycles. The van der Waals surface area contributed by atoms with Crippen molar-refractivity contribution in [2.24, 2.45) is 0 Å². The first-order valence-corrected chi connectivity index (χ1v) is 10.2. The molecule has 2 N–H and O–H groups in total. The third-order valence-electron chi connectivity index (χ3n) is 5.36. The van der Waals surface area contributed by atoms with Gasteiger partial charge in [0.2, 0.25) is 0 Å². The molecule has 0 saturated carbocycles. The van der Waals surface area contributed by atoms with Crippen LogP contribution >= 0.6 is 0 Å². The molecular weight excluding hydrogens is 382 g/mol. The highest BCUT2D eigenvalue weighted by atomic mass is 16.5. The zero-order valence-electron chi connectivity index (χ0n) is 17.3. The summed E-state index contributed by atoms with van der Waals surface area (Å²) in [6.45, 7) is 2.51. The lowest BCUT2D eigenvalue weighted by Crippen LogP contribution is -2.30. The number of rotatable bonds is 8. The third-order valence-corrected chi connectivity index (χ3v) is 5.36. The van der Waals surface area contributed by atoms with Crippen molar-refractivity contribution < 1.29 is 24.5 Å². The monoisotopic (exact) mass is 409 g/mol. The van der Waals surface area contributed by atoms with Gasteiger partial charge in [0.1, 0.15) is 5.76 Å². The van der Waals surface area contributed by atoms with Crippen molar-refractivity contribution in [3.63, 3.8) is 0 Å². The Balaban J connectivity index is 2.10. The molecule has 1 atom stereocenters. The number of nitrogens with zero attached hydrogens (tertiary/aromatic N) is 1.